The van der Waals surface area contributed by atoms with E-state index < -0.39 is 17.1 Å². The summed E-state index contributed by atoms with van der Waals surface area (Å²) in [6.45, 7) is 2.15. The molecule has 4 rings (SSSR count). The van der Waals surface area contributed by atoms with Crippen molar-refractivity contribution in [3.8, 4) is 5.88 Å². The van der Waals surface area contributed by atoms with Crippen LogP contribution in [0.4, 0.5) is 10.1 Å². The lowest BCUT2D eigenvalue weighted by molar-refractivity contribution is -0.122. The fourth-order valence-corrected chi connectivity index (χ4v) is 4.69. The van der Waals surface area contributed by atoms with Gasteiger partial charge >= 0.3 is 0 Å². The van der Waals surface area contributed by atoms with Crippen molar-refractivity contribution in [2.24, 2.45) is 0 Å². The van der Waals surface area contributed by atoms with E-state index in [1.165, 1.54) is 12.3 Å². The number of nitrogens with zero attached hydrogens (tertiary/aromatic N) is 1. The molecular formula is C21H20Cl2FN3O3. The van der Waals surface area contributed by atoms with E-state index in [9.17, 15) is 9.59 Å². The zero-order valence-corrected chi connectivity index (χ0v) is 17.7. The first-order valence-electron chi connectivity index (χ1n) is 9.76. The van der Waals surface area contributed by atoms with Crippen LogP contribution in [0.2, 0.25) is 10.0 Å². The molecule has 0 radical (unpaired) electrons. The van der Waals surface area contributed by atoms with E-state index in [0.717, 1.165) is 0 Å². The molecule has 1 spiro atoms. The van der Waals surface area contributed by atoms with Gasteiger partial charge in [0.05, 0.1) is 16.0 Å². The molecule has 0 atom stereocenters. The van der Waals surface area contributed by atoms with Crippen molar-refractivity contribution in [1.29, 1.82) is 0 Å². The standard InChI is InChI=1S/C21H20Cl2FN3O3/c1-2-25-18(28)13-3-4-15-16(17(13)24)21(20(29)27-15)7-5-12(6-8-21)30-19-14(23)9-11(22)10-26-19/h3-4,9-10,12H,2,5-8H2,1H3,(H,25,28)(H,27,29). The zero-order chi connectivity index (χ0) is 21.5. The molecule has 2 aliphatic rings. The summed E-state index contributed by atoms with van der Waals surface area (Å²) >= 11 is 12.0. The average Bonchev–Trinajstić information content (AvgIpc) is 2.98. The van der Waals surface area contributed by atoms with Crippen LogP contribution in [-0.2, 0) is 10.2 Å². The molecule has 2 heterocycles. The van der Waals surface area contributed by atoms with Crippen LogP contribution in [0.15, 0.2) is 24.4 Å². The van der Waals surface area contributed by atoms with Crippen molar-refractivity contribution in [3.05, 3.63) is 51.4 Å². The van der Waals surface area contributed by atoms with Gasteiger partial charge in [-0.1, -0.05) is 23.2 Å². The number of fused-ring (bicyclic) bond motifs is 2. The summed E-state index contributed by atoms with van der Waals surface area (Å²) in [5, 5.41) is 6.10. The number of pyridine rings is 1. The molecule has 1 aromatic carbocycles. The summed E-state index contributed by atoms with van der Waals surface area (Å²) in [5.74, 6) is -1.10. The Morgan fingerprint density at radius 1 is 1.37 bits per heavy atom. The summed E-state index contributed by atoms with van der Waals surface area (Å²) in [6, 6.07) is 4.55. The number of anilines is 1. The third kappa shape index (κ3) is 3.50. The van der Waals surface area contributed by atoms with Crippen molar-refractivity contribution < 1.29 is 18.7 Å². The monoisotopic (exact) mass is 451 g/mol. The van der Waals surface area contributed by atoms with Gasteiger partial charge in [0, 0.05) is 24.0 Å². The Bertz CT molecular complexity index is 1020. The predicted octanol–water partition coefficient (Wildman–Crippen LogP) is 4.49. The Labute approximate surface area is 183 Å². The average molecular weight is 452 g/mol. The Morgan fingerprint density at radius 3 is 2.77 bits per heavy atom. The van der Waals surface area contributed by atoms with Crippen LogP contribution in [0, 0.1) is 5.82 Å². The molecule has 158 valence electrons. The first-order valence-corrected chi connectivity index (χ1v) is 10.5. The van der Waals surface area contributed by atoms with E-state index in [1.54, 1.807) is 19.1 Å². The second-order valence-electron chi connectivity index (χ2n) is 7.50. The van der Waals surface area contributed by atoms with Crippen LogP contribution in [0.5, 0.6) is 5.88 Å². The predicted molar refractivity (Wildman–Crippen MR) is 112 cm³/mol. The second-order valence-corrected chi connectivity index (χ2v) is 8.35. The quantitative estimate of drug-likeness (QED) is 0.717. The Kier molecular flexibility index (Phi) is 5.59. The summed E-state index contributed by atoms with van der Waals surface area (Å²) in [6.07, 6.45) is 3.03. The van der Waals surface area contributed by atoms with E-state index in [0.29, 0.717) is 48.0 Å². The second kappa shape index (κ2) is 8.04. The first kappa shape index (κ1) is 20.9. The van der Waals surface area contributed by atoms with Gasteiger partial charge in [0.25, 0.3) is 5.91 Å². The minimum atomic E-state index is -1.01. The van der Waals surface area contributed by atoms with Crippen LogP contribution < -0.4 is 15.4 Å². The molecule has 1 aliphatic heterocycles. The fourth-order valence-electron chi connectivity index (χ4n) is 4.26. The highest BCUT2D eigenvalue weighted by Gasteiger charge is 2.51. The first-order chi connectivity index (χ1) is 14.4. The van der Waals surface area contributed by atoms with Crippen LogP contribution in [0.1, 0.15) is 48.5 Å². The topological polar surface area (TPSA) is 80.3 Å². The van der Waals surface area contributed by atoms with E-state index in [4.69, 9.17) is 27.9 Å². The van der Waals surface area contributed by atoms with Crippen LogP contribution in [0.3, 0.4) is 0 Å². The van der Waals surface area contributed by atoms with Gasteiger partial charge in [0.2, 0.25) is 11.8 Å². The van der Waals surface area contributed by atoms with Crippen molar-refractivity contribution in [2.75, 3.05) is 11.9 Å². The smallest absolute Gasteiger partial charge is 0.254 e. The van der Waals surface area contributed by atoms with Crippen molar-refractivity contribution in [1.82, 2.24) is 10.3 Å². The van der Waals surface area contributed by atoms with Gasteiger partial charge in [-0.05, 0) is 50.8 Å². The molecule has 2 aromatic rings. The van der Waals surface area contributed by atoms with Gasteiger partial charge in [-0.15, -0.1) is 0 Å². The molecule has 1 saturated carbocycles. The number of aromatic nitrogens is 1. The number of benzene rings is 1. The van der Waals surface area contributed by atoms with Gasteiger partial charge in [-0.3, -0.25) is 9.59 Å². The van der Waals surface area contributed by atoms with Crippen LogP contribution in [0.25, 0.3) is 0 Å². The molecule has 1 fully saturated rings. The minimum Gasteiger partial charge on any atom is -0.473 e. The maximum absolute atomic E-state index is 15.4. The number of rotatable bonds is 4. The van der Waals surface area contributed by atoms with Crippen molar-refractivity contribution in [3.63, 3.8) is 0 Å². The molecule has 1 aliphatic carbocycles. The van der Waals surface area contributed by atoms with Crippen LogP contribution in [-0.4, -0.2) is 29.4 Å². The lowest BCUT2D eigenvalue weighted by Crippen LogP contribution is -2.41. The lowest BCUT2D eigenvalue weighted by Gasteiger charge is -2.35. The zero-order valence-electron chi connectivity index (χ0n) is 16.2. The molecule has 9 heteroatoms. The molecular weight excluding hydrogens is 432 g/mol. The number of hydrogen-bond donors (Lipinski definition) is 2. The SMILES string of the molecule is CCNC(=O)c1ccc2c(c1F)C1(CCC(Oc3ncc(Cl)cc3Cl)CC1)C(=O)N2. The van der Waals surface area contributed by atoms with E-state index in [-0.39, 0.29) is 29.0 Å². The lowest BCUT2D eigenvalue weighted by atomic mass is 9.69. The number of nitrogens with one attached hydrogen (secondary N) is 2. The van der Waals surface area contributed by atoms with Crippen molar-refractivity contribution in [2.45, 2.75) is 44.1 Å². The summed E-state index contributed by atoms with van der Waals surface area (Å²) in [4.78, 5) is 29.2. The van der Waals surface area contributed by atoms with E-state index in [2.05, 4.69) is 15.6 Å². The van der Waals surface area contributed by atoms with Gasteiger partial charge in [0.15, 0.2) is 0 Å². The molecule has 0 bridgehead atoms. The number of amides is 2. The summed E-state index contributed by atoms with van der Waals surface area (Å²) in [7, 11) is 0. The number of hydrogen-bond acceptors (Lipinski definition) is 4. The minimum absolute atomic E-state index is 0.0537. The highest BCUT2D eigenvalue weighted by atomic mass is 35.5. The van der Waals surface area contributed by atoms with E-state index >= 15 is 4.39 Å². The van der Waals surface area contributed by atoms with Crippen LogP contribution >= 0.6 is 23.2 Å². The largest absolute Gasteiger partial charge is 0.473 e. The van der Waals surface area contributed by atoms with E-state index in [1.807, 2.05) is 0 Å². The molecule has 1 aromatic heterocycles. The third-order valence-corrected chi connectivity index (χ3v) is 6.20. The third-order valence-electron chi connectivity index (χ3n) is 5.72. The number of carbonyl (C=O) groups excluding carboxylic acids is 2. The summed E-state index contributed by atoms with van der Waals surface area (Å²) < 4.78 is 21.3. The number of halogens is 3. The fraction of sp³-hybridized carbons (Fsp3) is 0.381. The van der Waals surface area contributed by atoms with Gasteiger partial charge < -0.3 is 15.4 Å². The Hall–Kier alpha value is -2.38. The molecule has 0 unspecified atom stereocenters. The highest BCUT2D eigenvalue weighted by Crippen LogP contribution is 2.49. The van der Waals surface area contributed by atoms with Crippen molar-refractivity contribution >= 4 is 40.7 Å². The van der Waals surface area contributed by atoms with Gasteiger partial charge in [0.1, 0.15) is 16.9 Å². The maximum Gasteiger partial charge on any atom is 0.254 e. The Balaban J connectivity index is 1.58. The van der Waals surface area contributed by atoms with Gasteiger partial charge in [-0.25, -0.2) is 9.37 Å². The molecule has 2 N–H and O–H groups in total. The molecule has 30 heavy (non-hydrogen) atoms. The normalized spacial score (nSPS) is 22.5. The van der Waals surface area contributed by atoms with Gasteiger partial charge in [-0.2, -0.15) is 0 Å². The Morgan fingerprint density at radius 2 is 2.10 bits per heavy atom. The maximum atomic E-state index is 15.4. The number of carbonyl (C=O) groups is 2. The highest BCUT2D eigenvalue weighted by molar-refractivity contribution is 6.35. The summed E-state index contributed by atoms with van der Waals surface area (Å²) in [5.41, 5.74) is -0.370. The molecule has 6 nitrogen and oxygen atoms in total. The number of ether oxygens (including phenoxy) is 1. The molecule has 2 amide bonds. The molecule has 0 saturated heterocycles.